The van der Waals surface area contributed by atoms with Crippen molar-refractivity contribution in [2.24, 2.45) is 0 Å². The van der Waals surface area contributed by atoms with Gasteiger partial charge in [0.1, 0.15) is 23.7 Å². The second-order valence-electron chi connectivity index (χ2n) is 3.09. The number of benzene rings is 1. The molecule has 0 radical (unpaired) electrons. The van der Waals surface area contributed by atoms with Crippen molar-refractivity contribution in [3.8, 4) is 0 Å². The van der Waals surface area contributed by atoms with Crippen molar-refractivity contribution in [1.82, 2.24) is 0 Å². The molecule has 82 valence electrons. The van der Waals surface area contributed by atoms with Crippen LogP contribution in [0.25, 0.3) is 0 Å². The van der Waals surface area contributed by atoms with Gasteiger partial charge in [-0.15, -0.1) is 0 Å². The monoisotopic (exact) mass is 226 g/mol. The lowest BCUT2D eigenvalue weighted by molar-refractivity contribution is 0.103. The second kappa shape index (κ2) is 3.84. The smallest absolute Gasteiger partial charge is 0.202 e. The highest BCUT2D eigenvalue weighted by molar-refractivity contribution is 6.09. The van der Waals surface area contributed by atoms with Gasteiger partial charge in [0.05, 0.1) is 17.4 Å². The van der Waals surface area contributed by atoms with Gasteiger partial charge in [-0.2, -0.15) is 0 Å². The predicted molar refractivity (Wildman–Crippen MR) is 48.5 cm³/mol. The topological polar surface area (TPSA) is 30.2 Å². The van der Waals surface area contributed by atoms with E-state index in [2.05, 4.69) is 4.42 Å². The molecule has 0 N–H and O–H groups in total. The number of halogens is 3. The maximum Gasteiger partial charge on any atom is 0.202 e. The van der Waals surface area contributed by atoms with Crippen LogP contribution in [0.1, 0.15) is 15.9 Å². The summed E-state index contributed by atoms with van der Waals surface area (Å²) in [6, 6.07) is 2.18. The fourth-order valence-electron chi connectivity index (χ4n) is 1.30. The molecule has 0 spiro atoms. The minimum atomic E-state index is -1.23. The fourth-order valence-corrected chi connectivity index (χ4v) is 1.30. The second-order valence-corrected chi connectivity index (χ2v) is 3.09. The molecule has 2 aromatic rings. The summed E-state index contributed by atoms with van der Waals surface area (Å²) in [6.45, 7) is 0. The standard InChI is InChI=1S/C11H5F3O2/c12-7-3-8(13)10(9(14)4-7)11(15)6-1-2-16-5-6/h1-5H. The third kappa shape index (κ3) is 1.71. The van der Waals surface area contributed by atoms with Gasteiger partial charge in [-0.25, -0.2) is 13.2 Å². The van der Waals surface area contributed by atoms with E-state index in [9.17, 15) is 18.0 Å². The van der Waals surface area contributed by atoms with Crippen molar-refractivity contribution in [2.75, 3.05) is 0 Å². The van der Waals surface area contributed by atoms with Crippen LogP contribution in [0, 0.1) is 17.5 Å². The van der Waals surface area contributed by atoms with Crippen molar-refractivity contribution in [2.45, 2.75) is 0 Å². The van der Waals surface area contributed by atoms with Crippen molar-refractivity contribution < 1.29 is 22.4 Å². The molecule has 0 unspecified atom stereocenters. The van der Waals surface area contributed by atoms with E-state index in [-0.39, 0.29) is 5.56 Å². The fraction of sp³-hybridized carbons (Fsp3) is 0. The number of rotatable bonds is 2. The molecule has 1 heterocycles. The van der Waals surface area contributed by atoms with Crippen LogP contribution in [0.5, 0.6) is 0 Å². The zero-order valence-electron chi connectivity index (χ0n) is 7.84. The van der Waals surface area contributed by atoms with Gasteiger partial charge in [-0.3, -0.25) is 4.79 Å². The Hall–Kier alpha value is -2.04. The molecule has 0 bridgehead atoms. The van der Waals surface area contributed by atoms with Crippen molar-refractivity contribution in [1.29, 1.82) is 0 Å². The number of hydrogen-bond acceptors (Lipinski definition) is 2. The third-order valence-corrected chi connectivity index (χ3v) is 2.02. The van der Waals surface area contributed by atoms with Gasteiger partial charge in [-0.05, 0) is 6.07 Å². The lowest BCUT2D eigenvalue weighted by Crippen LogP contribution is -2.07. The normalized spacial score (nSPS) is 10.4. The van der Waals surface area contributed by atoms with E-state index in [4.69, 9.17) is 0 Å². The molecule has 0 aliphatic carbocycles. The Morgan fingerprint density at radius 2 is 1.75 bits per heavy atom. The average molecular weight is 226 g/mol. The van der Waals surface area contributed by atoms with Crippen molar-refractivity contribution in [3.63, 3.8) is 0 Å². The summed E-state index contributed by atoms with van der Waals surface area (Å²) in [5.74, 6) is -4.42. The van der Waals surface area contributed by atoms with Crippen LogP contribution in [-0.4, -0.2) is 5.78 Å². The number of furan rings is 1. The molecule has 1 aromatic heterocycles. The van der Waals surface area contributed by atoms with E-state index >= 15 is 0 Å². The molecule has 2 rings (SSSR count). The minimum Gasteiger partial charge on any atom is -0.472 e. The third-order valence-electron chi connectivity index (χ3n) is 2.02. The van der Waals surface area contributed by atoms with Crippen LogP contribution < -0.4 is 0 Å². The van der Waals surface area contributed by atoms with Gasteiger partial charge in [-0.1, -0.05) is 0 Å². The largest absolute Gasteiger partial charge is 0.472 e. The molecular formula is C11H5F3O2. The van der Waals surface area contributed by atoms with Gasteiger partial charge in [0.15, 0.2) is 0 Å². The van der Waals surface area contributed by atoms with Gasteiger partial charge < -0.3 is 4.42 Å². The Kier molecular flexibility index (Phi) is 2.52. The SMILES string of the molecule is O=C(c1ccoc1)c1c(F)cc(F)cc1F. The van der Waals surface area contributed by atoms with Crippen LogP contribution in [0.15, 0.2) is 35.1 Å². The summed E-state index contributed by atoms with van der Waals surface area (Å²) in [4.78, 5) is 11.6. The first-order valence-corrected chi connectivity index (χ1v) is 4.31. The molecule has 0 amide bonds. The van der Waals surface area contributed by atoms with E-state index in [1.165, 1.54) is 12.3 Å². The highest BCUT2D eigenvalue weighted by atomic mass is 19.1. The summed E-state index contributed by atoms with van der Waals surface area (Å²) < 4.78 is 43.7. The summed E-state index contributed by atoms with van der Waals surface area (Å²) in [6.07, 6.45) is 2.26. The van der Waals surface area contributed by atoms with Crippen LogP contribution >= 0.6 is 0 Å². The Bertz CT molecular complexity index is 509. The molecule has 5 heteroatoms. The number of carbonyl (C=O) groups is 1. The zero-order chi connectivity index (χ0) is 11.7. The summed E-state index contributed by atoms with van der Waals surface area (Å²) >= 11 is 0. The highest BCUT2D eigenvalue weighted by Crippen LogP contribution is 2.18. The number of carbonyl (C=O) groups excluding carboxylic acids is 1. The summed E-state index contributed by atoms with van der Waals surface area (Å²) in [5, 5.41) is 0. The Balaban J connectivity index is 2.53. The van der Waals surface area contributed by atoms with Crippen molar-refractivity contribution in [3.05, 3.63) is 59.3 Å². The number of ketones is 1. The van der Waals surface area contributed by atoms with E-state index in [0.717, 1.165) is 6.26 Å². The molecule has 0 saturated heterocycles. The van der Waals surface area contributed by atoms with Gasteiger partial charge >= 0.3 is 0 Å². The minimum absolute atomic E-state index is 0.00408. The van der Waals surface area contributed by atoms with Gasteiger partial charge in [0, 0.05) is 12.1 Å². The molecule has 0 atom stereocenters. The van der Waals surface area contributed by atoms with E-state index < -0.39 is 28.8 Å². The highest BCUT2D eigenvalue weighted by Gasteiger charge is 2.20. The van der Waals surface area contributed by atoms with Crippen LogP contribution in [-0.2, 0) is 0 Å². The molecule has 0 saturated carbocycles. The summed E-state index contributed by atoms with van der Waals surface area (Å²) in [7, 11) is 0. The maximum atomic E-state index is 13.2. The van der Waals surface area contributed by atoms with Crippen LogP contribution in [0.2, 0.25) is 0 Å². The maximum absolute atomic E-state index is 13.2. The van der Waals surface area contributed by atoms with E-state index in [1.54, 1.807) is 0 Å². The first-order chi connectivity index (χ1) is 7.59. The van der Waals surface area contributed by atoms with Crippen LogP contribution in [0.4, 0.5) is 13.2 Å². The van der Waals surface area contributed by atoms with Gasteiger partial charge in [0.2, 0.25) is 5.78 Å². The molecule has 0 fully saturated rings. The molecule has 1 aromatic carbocycles. The Morgan fingerprint density at radius 1 is 1.12 bits per heavy atom. The van der Waals surface area contributed by atoms with Crippen LogP contribution in [0.3, 0.4) is 0 Å². The Labute approximate surface area is 88.3 Å². The van der Waals surface area contributed by atoms with Crippen molar-refractivity contribution >= 4 is 5.78 Å². The molecule has 16 heavy (non-hydrogen) atoms. The lowest BCUT2D eigenvalue weighted by Gasteiger charge is -2.02. The molecule has 0 aliphatic rings. The predicted octanol–water partition coefficient (Wildman–Crippen LogP) is 2.93. The zero-order valence-corrected chi connectivity index (χ0v) is 7.84. The lowest BCUT2D eigenvalue weighted by atomic mass is 10.0. The van der Waals surface area contributed by atoms with E-state index in [1.807, 2.05) is 0 Å². The average Bonchev–Trinajstić information content (AvgIpc) is 2.67. The Morgan fingerprint density at radius 3 is 2.25 bits per heavy atom. The van der Waals surface area contributed by atoms with Gasteiger partial charge in [0.25, 0.3) is 0 Å². The quantitative estimate of drug-likeness (QED) is 0.737. The molecule has 2 nitrogen and oxygen atoms in total. The molecular weight excluding hydrogens is 221 g/mol. The van der Waals surface area contributed by atoms with E-state index in [0.29, 0.717) is 12.1 Å². The molecule has 0 aliphatic heterocycles. The summed E-state index contributed by atoms with van der Waals surface area (Å²) in [5.41, 5.74) is -0.785. The number of hydrogen-bond donors (Lipinski definition) is 0. The first-order valence-electron chi connectivity index (χ1n) is 4.31. The first kappa shape index (κ1) is 10.5.